The van der Waals surface area contributed by atoms with Gasteiger partial charge >= 0.3 is 0 Å². The van der Waals surface area contributed by atoms with Crippen molar-refractivity contribution in [2.24, 2.45) is 0 Å². The summed E-state index contributed by atoms with van der Waals surface area (Å²) in [5, 5.41) is 4.02. The number of likely N-dealkylation sites (N-methyl/N-ethyl adjacent to an activating group) is 1. The molecule has 0 aliphatic carbocycles. The van der Waals surface area contributed by atoms with Gasteiger partial charge in [0.05, 0.1) is 37.0 Å². The number of amides is 1. The summed E-state index contributed by atoms with van der Waals surface area (Å²) in [7, 11) is 2.26. The fourth-order valence-corrected chi connectivity index (χ4v) is 4.32. The molecule has 0 spiro atoms. The monoisotopic (exact) mass is 434 g/mol. The third-order valence-corrected chi connectivity index (χ3v) is 6.23. The first-order valence-electron chi connectivity index (χ1n) is 11.7. The summed E-state index contributed by atoms with van der Waals surface area (Å²) in [4.78, 5) is 21.2. The number of quaternary nitrogens is 2. The Kier molecular flexibility index (Phi) is 7.35. The molecule has 6 nitrogen and oxygen atoms in total. The zero-order valence-electron chi connectivity index (χ0n) is 19.1. The molecule has 1 aromatic heterocycles. The van der Waals surface area contributed by atoms with Gasteiger partial charge in [0.2, 0.25) is 0 Å². The standard InChI is InChI=1S/C26H32N4O2/c1-3-32-21-11-9-20(10-12-21)25-19-23(22-7-4-5-8-24(22)28-25)26(31)27-13-6-14-30-17-15-29(2)16-18-30/h4-5,7-12,19H,3,6,13-18H2,1-2H3,(H,27,31)/p+2. The molecule has 0 saturated carbocycles. The van der Waals surface area contributed by atoms with Crippen LogP contribution in [0.5, 0.6) is 5.75 Å². The van der Waals surface area contributed by atoms with Crippen LogP contribution in [0.2, 0.25) is 0 Å². The van der Waals surface area contributed by atoms with Gasteiger partial charge in [0.25, 0.3) is 5.91 Å². The van der Waals surface area contributed by atoms with E-state index < -0.39 is 0 Å². The van der Waals surface area contributed by atoms with Gasteiger partial charge in [-0.25, -0.2) is 4.98 Å². The first-order chi connectivity index (χ1) is 15.6. The number of pyridine rings is 1. The summed E-state index contributed by atoms with van der Waals surface area (Å²) < 4.78 is 5.55. The second kappa shape index (κ2) is 10.6. The summed E-state index contributed by atoms with van der Waals surface area (Å²) in [5.74, 6) is 0.799. The van der Waals surface area contributed by atoms with Gasteiger partial charge in [0.1, 0.15) is 31.9 Å². The van der Waals surface area contributed by atoms with Crippen molar-refractivity contribution in [3.63, 3.8) is 0 Å². The first-order valence-corrected chi connectivity index (χ1v) is 11.7. The topological polar surface area (TPSA) is 60.1 Å². The number of rotatable bonds is 8. The number of hydrogen-bond acceptors (Lipinski definition) is 3. The molecule has 0 unspecified atom stereocenters. The van der Waals surface area contributed by atoms with Crippen LogP contribution in [-0.2, 0) is 0 Å². The number of fused-ring (bicyclic) bond motifs is 1. The van der Waals surface area contributed by atoms with E-state index in [-0.39, 0.29) is 5.91 Å². The van der Waals surface area contributed by atoms with E-state index >= 15 is 0 Å². The van der Waals surface area contributed by atoms with Crippen molar-refractivity contribution in [3.8, 4) is 17.0 Å². The minimum Gasteiger partial charge on any atom is -0.494 e. The van der Waals surface area contributed by atoms with Crippen molar-refractivity contribution < 1.29 is 19.3 Å². The van der Waals surface area contributed by atoms with Crippen LogP contribution in [0.25, 0.3) is 22.2 Å². The Morgan fingerprint density at radius 3 is 2.56 bits per heavy atom. The maximum atomic E-state index is 13.1. The highest BCUT2D eigenvalue weighted by Crippen LogP contribution is 2.26. The van der Waals surface area contributed by atoms with Crippen molar-refractivity contribution in [1.82, 2.24) is 10.3 Å². The van der Waals surface area contributed by atoms with Gasteiger partial charge in [0, 0.05) is 23.9 Å². The number of nitrogens with zero attached hydrogens (tertiary/aromatic N) is 1. The van der Waals surface area contributed by atoms with E-state index in [0.717, 1.165) is 40.9 Å². The molecule has 4 rings (SSSR count). The SMILES string of the molecule is CCOc1ccc(-c2cc(C(=O)NCCC[NH+]3CC[NH+](C)CC3)c3ccccc3n2)cc1. The lowest BCUT2D eigenvalue weighted by atomic mass is 10.0. The van der Waals surface area contributed by atoms with E-state index in [1.807, 2.05) is 61.5 Å². The highest BCUT2D eigenvalue weighted by atomic mass is 16.5. The Hall–Kier alpha value is -2.96. The molecule has 0 bridgehead atoms. The maximum Gasteiger partial charge on any atom is 0.252 e. The molecule has 2 aromatic carbocycles. The van der Waals surface area contributed by atoms with Crippen molar-refractivity contribution in [2.45, 2.75) is 13.3 Å². The quantitative estimate of drug-likeness (QED) is 0.461. The number of piperazine rings is 1. The number of para-hydroxylation sites is 1. The highest BCUT2D eigenvalue weighted by Gasteiger charge is 2.19. The van der Waals surface area contributed by atoms with Crippen LogP contribution in [0.1, 0.15) is 23.7 Å². The van der Waals surface area contributed by atoms with Gasteiger partial charge in [-0.05, 0) is 43.3 Å². The minimum absolute atomic E-state index is 0.0337. The Morgan fingerprint density at radius 2 is 1.81 bits per heavy atom. The van der Waals surface area contributed by atoms with Crippen LogP contribution in [0, 0.1) is 0 Å². The zero-order chi connectivity index (χ0) is 22.3. The molecular formula is C26H34N4O2+2. The number of benzene rings is 2. The van der Waals surface area contributed by atoms with E-state index in [1.54, 1.807) is 9.80 Å². The minimum atomic E-state index is -0.0337. The average Bonchev–Trinajstić information content (AvgIpc) is 2.83. The number of nitrogens with one attached hydrogen (secondary N) is 3. The lowest BCUT2D eigenvalue weighted by Crippen LogP contribution is -3.27. The fourth-order valence-electron chi connectivity index (χ4n) is 4.32. The predicted octanol–water partition coefficient (Wildman–Crippen LogP) is 0.834. The fraction of sp³-hybridized carbons (Fsp3) is 0.385. The van der Waals surface area contributed by atoms with Gasteiger partial charge in [-0.1, -0.05) is 18.2 Å². The molecular weight excluding hydrogens is 400 g/mol. The van der Waals surface area contributed by atoms with Crippen LogP contribution in [-0.4, -0.2) is 63.8 Å². The third-order valence-electron chi connectivity index (χ3n) is 6.23. The first kappa shape index (κ1) is 22.2. The molecule has 1 aliphatic heterocycles. The van der Waals surface area contributed by atoms with E-state index in [0.29, 0.717) is 18.7 Å². The Balaban J connectivity index is 1.46. The number of hydrogen-bond donors (Lipinski definition) is 3. The second-order valence-corrected chi connectivity index (χ2v) is 8.60. The molecule has 3 aromatic rings. The predicted molar refractivity (Wildman–Crippen MR) is 127 cm³/mol. The smallest absolute Gasteiger partial charge is 0.252 e. The van der Waals surface area contributed by atoms with Gasteiger partial charge in [-0.15, -0.1) is 0 Å². The second-order valence-electron chi connectivity index (χ2n) is 8.60. The Labute approximate surface area is 190 Å². The zero-order valence-corrected chi connectivity index (χ0v) is 19.1. The molecule has 2 heterocycles. The average molecular weight is 435 g/mol. The summed E-state index contributed by atoms with van der Waals surface area (Å²) in [5.41, 5.74) is 3.26. The number of carbonyl (C=O) groups excluding carboxylic acids is 1. The molecule has 1 fully saturated rings. The van der Waals surface area contributed by atoms with E-state index in [4.69, 9.17) is 9.72 Å². The van der Waals surface area contributed by atoms with Crippen LogP contribution in [0.15, 0.2) is 54.6 Å². The molecule has 3 N–H and O–H groups in total. The van der Waals surface area contributed by atoms with Crippen LogP contribution < -0.4 is 19.9 Å². The largest absolute Gasteiger partial charge is 0.494 e. The molecule has 32 heavy (non-hydrogen) atoms. The molecule has 0 atom stereocenters. The Morgan fingerprint density at radius 1 is 1.06 bits per heavy atom. The molecule has 0 radical (unpaired) electrons. The molecule has 168 valence electrons. The van der Waals surface area contributed by atoms with Crippen molar-refractivity contribution in [3.05, 3.63) is 60.2 Å². The summed E-state index contributed by atoms with van der Waals surface area (Å²) >= 11 is 0. The van der Waals surface area contributed by atoms with E-state index in [9.17, 15) is 4.79 Å². The van der Waals surface area contributed by atoms with E-state index in [2.05, 4.69) is 12.4 Å². The summed E-state index contributed by atoms with van der Waals surface area (Å²) in [6, 6.07) is 17.6. The van der Waals surface area contributed by atoms with Crippen molar-refractivity contribution >= 4 is 16.8 Å². The van der Waals surface area contributed by atoms with E-state index in [1.165, 1.54) is 26.2 Å². The summed E-state index contributed by atoms with van der Waals surface area (Å²) in [6.45, 7) is 9.33. The number of carbonyl (C=O) groups is 1. The van der Waals surface area contributed by atoms with Gasteiger partial charge in [-0.2, -0.15) is 0 Å². The molecule has 1 amide bonds. The normalized spacial score (nSPS) is 18.4. The molecule has 1 aliphatic rings. The number of ether oxygens (including phenoxy) is 1. The van der Waals surface area contributed by atoms with Gasteiger partial charge in [0.15, 0.2) is 0 Å². The van der Waals surface area contributed by atoms with Gasteiger partial charge < -0.3 is 19.9 Å². The number of aromatic nitrogens is 1. The van der Waals surface area contributed by atoms with Crippen molar-refractivity contribution in [2.75, 3.05) is 52.9 Å². The third kappa shape index (κ3) is 5.44. The van der Waals surface area contributed by atoms with Crippen LogP contribution >= 0.6 is 0 Å². The lowest BCUT2D eigenvalue weighted by Gasteiger charge is -2.27. The van der Waals surface area contributed by atoms with Crippen molar-refractivity contribution in [1.29, 1.82) is 0 Å². The lowest BCUT2D eigenvalue weighted by molar-refractivity contribution is -1.00. The van der Waals surface area contributed by atoms with Crippen LogP contribution in [0.4, 0.5) is 0 Å². The van der Waals surface area contributed by atoms with Crippen LogP contribution in [0.3, 0.4) is 0 Å². The summed E-state index contributed by atoms with van der Waals surface area (Å²) in [6.07, 6.45) is 0.995. The van der Waals surface area contributed by atoms with Gasteiger partial charge in [-0.3, -0.25) is 4.79 Å². The Bertz CT molecular complexity index is 1040. The highest BCUT2D eigenvalue weighted by molar-refractivity contribution is 6.07. The molecule has 6 heteroatoms. The molecule has 1 saturated heterocycles. The maximum absolute atomic E-state index is 13.1.